The van der Waals surface area contributed by atoms with Crippen molar-refractivity contribution in [2.75, 3.05) is 5.75 Å². The number of hydrogen-bond acceptors (Lipinski definition) is 1. The lowest BCUT2D eigenvalue weighted by atomic mass is 10.4. The van der Waals surface area contributed by atoms with Crippen LogP contribution in [0.5, 0.6) is 0 Å². The van der Waals surface area contributed by atoms with Crippen LogP contribution in [-0.2, 0) is 0 Å². The molecule has 2 heteroatoms. The first-order valence-electron chi connectivity index (χ1n) is 3.22. The first-order valence-corrected chi connectivity index (χ1v) is 4.58. The van der Waals surface area contributed by atoms with Crippen molar-refractivity contribution in [3.8, 4) is 0 Å². The summed E-state index contributed by atoms with van der Waals surface area (Å²) in [5, 5.41) is 0.856. The van der Waals surface area contributed by atoms with E-state index in [1.165, 1.54) is 4.90 Å². The summed E-state index contributed by atoms with van der Waals surface area (Å²) in [6.45, 7) is 2.12. The van der Waals surface area contributed by atoms with Crippen molar-refractivity contribution in [1.82, 2.24) is 0 Å². The van der Waals surface area contributed by atoms with Gasteiger partial charge in [-0.15, -0.1) is 11.8 Å². The molecule has 0 aromatic heterocycles. The van der Waals surface area contributed by atoms with Crippen LogP contribution in [0.3, 0.4) is 0 Å². The average molecular weight is 173 g/mol. The van der Waals surface area contributed by atoms with E-state index < -0.39 is 0 Å². The van der Waals surface area contributed by atoms with E-state index in [0.29, 0.717) is 0 Å². The first-order chi connectivity index (χ1) is 4.84. The van der Waals surface area contributed by atoms with Gasteiger partial charge < -0.3 is 0 Å². The zero-order valence-electron chi connectivity index (χ0n) is 5.80. The average Bonchev–Trinajstić information content (AvgIpc) is 1.94. The lowest BCUT2D eigenvalue weighted by Gasteiger charge is -1.98. The molecule has 0 bridgehead atoms. The van der Waals surface area contributed by atoms with E-state index >= 15 is 0 Å². The first kappa shape index (κ1) is 7.96. The highest BCUT2D eigenvalue weighted by Crippen LogP contribution is 2.25. The molecule has 0 fully saturated rings. The molecule has 1 aromatic carbocycles. The highest BCUT2D eigenvalue weighted by molar-refractivity contribution is 7.99. The van der Waals surface area contributed by atoms with Crippen molar-refractivity contribution < 1.29 is 0 Å². The minimum Gasteiger partial charge on any atom is -0.125 e. The zero-order chi connectivity index (χ0) is 7.40. The Morgan fingerprint density at radius 1 is 1.40 bits per heavy atom. The van der Waals surface area contributed by atoms with Gasteiger partial charge in [0.1, 0.15) is 0 Å². The lowest BCUT2D eigenvalue weighted by Crippen LogP contribution is -1.72. The van der Waals surface area contributed by atoms with Gasteiger partial charge in [0.05, 0.1) is 5.02 Å². The lowest BCUT2D eigenvalue weighted by molar-refractivity contribution is 1.43. The zero-order valence-corrected chi connectivity index (χ0v) is 7.38. The highest BCUT2D eigenvalue weighted by atomic mass is 35.5. The SMILES string of the molecule is CCSc1ccccc1Cl. The Labute approximate surface area is 70.6 Å². The second-order valence-corrected chi connectivity index (χ2v) is 3.58. The van der Waals surface area contributed by atoms with Crippen molar-refractivity contribution in [3.63, 3.8) is 0 Å². The number of hydrogen-bond donors (Lipinski definition) is 0. The molecule has 0 nitrogen and oxygen atoms in total. The molecule has 0 aliphatic heterocycles. The van der Waals surface area contributed by atoms with E-state index in [4.69, 9.17) is 11.6 Å². The third-order valence-electron chi connectivity index (χ3n) is 1.14. The topological polar surface area (TPSA) is 0 Å². The molecule has 0 spiro atoms. The van der Waals surface area contributed by atoms with Crippen LogP contribution < -0.4 is 0 Å². The summed E-state index contributed by atoms with van der Waals surface area (Å²) in [7, 11) is 0. The third kappa shape index (κ3) is 1.93. The second-order valence-electron chi connectivity index (χ2n) is 1.86. The van der Waals surface area contributed by atoms with Crippen molar-refractivity contribution >= 4 is 23.4 Å². The van der Waals surface area contributed by atoms with E-state index in [1.807, 2.05) is 24.3 Å². The van der Waals surface area contributed by atoms with Crippen molar-refractivity contribution in [1.29, 1.82) is 0 Å². The van der Waals surface area contributed by atoms with E-state index in [2.05, 4.69) is 6.92 Å². The maximum absolute atomic E-state index is 5.88. The highest BCUT2D eigenvalue weighted by Gasteiger charge is 1.95. The Morgan fingerprint density at radius 2 is 2.10 bits per heavy atom. The minimum atomic E-state index is 0.856. The summed E-state index contributed by atoms with van der Waals surface area (Å²) < 4.78 is 0. The van der Waals surface area contributed by atoms with Gasteiger partial charge in [-0.25, -0.2) is 0 Å². The fourth-order valence-electron chi connectivity index (χ4n) is 0.717. The Bertz CT molecular complexity index is 210. The van der Waals surface area contributed by atoms with E-state index in [-0.39, 0.29) is 0 Å². The quantitative estimate of drug-likeness (QED) is 0.616. The molecule has 0 N–H and O–H groups in total. The van der Waals surface area contributed by atoms with E-state index in [0.717, 1.165) is 10.8 Å². The van der Waals surface area contributed by atoms with Crippen LogP contribution in [0, 0.1) is 0 Å². The Morgan fingerprint density at radius 3 is 2.70 bits per heavy atom. The van der Waals surface area contributed by atoms with E-state index in [9.17, 15) is 0 Å². The molecule has 0 saturated heterocycles. The molecule has 0 saturated carbocycles. The summed E-state index contributed by atoms with van der Waals surface area (Å²) in [4.78, 5) is 1.17. The van der Waals surface area contributed by atoms with Crippen LogP contribution in [0.25, 0.3) is 0 Å². The number of rotatable bonds is 2. The predicted octanol–water partition coefficient (Wildman–Crippen LogP) is 3.45. The van der Waals surface area contributed by atoms with Gasteiger partial charge in [0.2, 0.25) is 0 Å². The number of halogens is 1. The molecule has 10 heavy (non-hydrogen) atoms. The van der Waals surface area contributed by atoms with Gasteiger partial charge in [0.25, 0.3) is 0 Å². The fourth-order valence-corrected chi connectivity index (χ4v) is 1.71. The molecule has 1 aromatic rings. The second kappa shape index (κ2) is 3.89. The number of benzene rings is 1. The molecule has 0 aliphatic rings. The summed E-state index contributed by atoms with van der Waals surface area (Å²) in [5.74, 6) is 1.07. The Balaban J connectivity index is 2.81. The van der Waals surface area contributed by atoms with Crippen molar-refractivity contribution in [3.05, 3.63) is 29.3 Å². The van der Waals surface area contributed by atoms with Crippen molar-refractivity contribution in [2.45, 2.75) is 11.8 Å². The molecule has 0 atom stereocenters. The molecule has 0 radical (unpaired) electrons. The van der Waals surface area contributed by atoms with Gasteiger partial charge in [-0.3, -0.25) is 0 Å². The largest absolute Gasteiger partial charge is 0.125 e. The molecular formula is C8H9ClS. The summed E-state index contributed by atoms with van der Waals surface area (Å²) in [6, 6.07) is 7.90. The van der Waals surface area contributed by atoms with Crippen LogP contribution in [0.1, 0.15) is 6.92 Å². The molecule has 0 amide bonds. The van der Waals surface area contributed by atoms with Crippen LogP contribution in [0.15, 0.2) is 29.2 Å². The van der Waals surface area contributed by atoms with Crippen molar-refractivity contribution in [2.24, 2.45) is 0 Å². The minimum absolute atomic E-state index is 0.856. The molecule has 1 rings (SSSR count). The Hall–Kier alpha value is -0.140. The Kier molecular flexibility index (Phi) is 3.10. The van der Waals surface area contributed by atoms with Gasteiger partial charge in [-0.2, -0.15) is 0 Å². The summed E-state index contributed by atoms with van der Waals surface area (Å²) >= 11 is 7.65. The van der Waals surface area contributed by atoms with Gasteiger partial charge >= 0.3 is 0 Å². The molecule has 0 heterocycles. The summed E-state index contributed by atoms with van der Waals surface area (Å²) in [6.07, 6.45) is 0. The van der Waals surface area contributed by atoms with Crippen LogP contribution in [-0.4, -0.2) is 5.75 Å². The van der Waals surface area contributed by atoms with Gasteiger partial charge in [-0.05, 0) is 17.9 Å². The normalized spacial score (nSPS) is 9.80. The van der Waals surface area contributed by atoms with Crippen LogP contribution in [0.2, 0.25) is 5.02 Å². The molecule has 0 unspecified atom stereocenters. The van der Waals surface area contributed by atoms with Gasteiger partial charge in [0, 0.05) is 4.90 Å². The standard InChI is InChI=1S/C8H9ClS/c1-2-10-8-6-4-3-5-7(8)9/h3-6H,2H2,1H3. The maximum atomic E-state index is 5.88. The monoisotopic (exact) mass is 172 g/mol. The third-order valence-corrected chi connectivity index (χ3v) is 2.53. The number of thioether (sulfide) groups is 1. The van der Waals surface area contributed by atoms with Crippen LogP contribution >= 0.6 is 23.4 Å². The predicted molar refractivity (Wildman–Crippen MR) is 47.9 cm³/mol. The molecular weight excluding hydrogens is 164 g/mol. The van der Waals surface area contributed by atoms with Crippen LogP contribution in [0.4, 0.5) is 0 Å². The smallest absolute Gasteiger partial charge is 0.0541 e. The maximum Gasteiger partial charge on any atom is 0.0541 e. The van der Waals surface area contributed by atoms with Gasteiger partial charge in [0.15, 0.2) is 0 Å². The van der Waals surface area contributed by atoms with Gasteiger partial charge in [-0.1, -0.05) is 30.7 Å². The van der Waals surface area contributed by atoms with E-state index in [1.54, 1.807) is 11.8 Å². The molecule has 0 aliphatic carbocycles. The summed E-state index contributed by atoms with van der Waals surface area (Å²) in [5.41, 5.74) is 0. The fraction of sp³-hybridized carbons (Fsp3) is 0.250. The molecule has 54 valence electrons.